The number of hydrogen-bond acceptors (Lipinski definition) is 6. The van der Waals surface area contributed by atoms with Crippen LogP contribution in [0.2, 0.25) is 0 Å². The second-order valence-corrected chi connectivity index (χ2v) is 7.43. The zero-order chi connectivity index (χ0) is 19.8. The topological polar surface area (TPSA) is 84.2 Å². The average molecular weight is 386 g/mol. The number of hydrogen-bond donors (Lipinski definition) is 1. The van der Waals surface area contributed by atoms with Gasteiger partial charge in [-0.25, -0.2) is 0 Å². The zero-order valence-electron chi connectivity index (χ0n) is 16.9. The number of rotatable bonds is 5. The van der Waals surface area contributed by atoms with Crippen LogP contribution in [-0.4, -0.2) is 51.6 Å². The normalized spacial score (nSPS) is 20.0. The van der Waals surface area contributed by atoms with E-state index >= 15 is 0 Å². The van der Waals surface area contributed by atoms with Crippen LogP contribution in [0, 0.1) is 0 Å². The Bertz CT molecular complexity index is 729. The monoisotopic (exact) mass is 385 g/mol. The van der Waals surface area contributed by atoms with Crippen molar-refractivity contribution in [1.82, 2.24) is 25.3 Å². The molecule has 0 saturated carbocycles. The van der Waals surface area contributed by atoms with Crippen molar-refractivity contribution in [1.29, 1.82) is 0 Å². The van der Waals surface area contributed by atoms with Crippen LogP contribution in [-0.2, 0) is 4.79 Å². The van der Waals surface area contributed by atoms with Crippen LogP contribution in [0.1, 0.15) is 64.2 Å². The number of nitrogens with one attached hydrogen (secondary N) is 1. The van der Waals surface area contributed by atoms with Crippen LogP contribution < -0.4 is 5.32 Å². The van der Waals surface area contributed by atoms with Gasteiger partial charge in [0.15, 0.2) is 0 Å². The largest absolute Gasteiger partial charge is 0.356 e. The second-order valence-electron chi connectivity index (χ2n) is 7.43. The van der Waals surface area contributed by atoms with Crippen LogP contribution in [0.3, 0.4) is 0 Å². The molecule has 7 nitrogen and oxygen atoms in total. The summed E-state index contributed by atoms with van der Waals surface area (Å²) in [5.74, 6) is 1.50. The first kappa shape index (κ1) is 20.5. The van der Waals surface area contributed by atoms with Gasteiger partial charge in [-0.2, -0.15) is 4.98 Å². The molecule has 1 aliphatic heterocycles. The first-order valence-corrected chi connectivity index (χ1v) is 10.5. The molecule has 2 aromatic rings. The number of carbonyl (C=O) groups is 1. The second kappa shape index (κ2) is 10.3. The van der Waals surface area contributed by atoms with Gasteiger partial charge in [-0.3, -0.25) is 14.7 Å². The summed E-state index contributed by atoms with van der Waals surface area (Å²) < 4.78 is 5.59. The van der Waals surface area contributed by atoms with Crippen LogP contribution >= 0.6 is 0 Å². The molecule has 3 heterocycles. The Labute approximate surface area is 166 Å². The van der Waals surface area contributed by atoms with Crippen molar-refractivity contribution in [2.45, 2.75) is 64.3 Å². The van der Waals surface area contributed by atoms with Crippen LogP contribution in [0.25, 0.3) is 11.4 Å². The maximum Gasteiger partial charge on any atom is 0.230 e. The van der Waals surface area contributed by atoms with Crippen LogP contribution in [0.5, 0.6) is 0 Å². The maximum absolute atomic E-state index is 12.2. The standard InChI is InChI=1S/C21H31N5O2/c1-3-18(4-2)26-13-6-8-16(9-12-23-19(27)10-14-26)21-24-20(25-28-21)17-7-5-11-22-15-17/h5,7,11,15-16,18H,3-4,6,8-10,12-14H2,1-2H3,(H,23,27). The summed E-state index contributed by atoms with van der Waals surface area (Å²) in [5, 5.41) is 7.19. The van der Waals surface area contributed by atoms with E-state index in [0.717, 1.165) is 50.8 Å². The predicted octanol–water partition coefficient (Wildman–Crippen LogP) is 3.40. The van der Waals surface area contributed by atoms with Gasteiger partial charge < -0.3 is 9.84 Å². The van der Waals surface area contributed by atoms with Crippen molar-refractivity contribution in [3.05, 3.63) is 30.4 Å². The summed E-state index contributed by atoms with van der Waals surface area (Å²) in [7, 11) is 0. The first-order chi connectivity index (χ1) is 13.7. The van der Waals surface area contributed by atoms with Gasteiger partial charge in [-0.05, 0) is 50.8 Å². The molecule has 0 radical (unpaired) electrons. The fourth-order valence-corrected chi connectivity index (χ4v) is 3.95. The summed E-state index contributed by atoms with van der Waals surface area (Å²) in [5.41, 5.74) is 0.849. The molecule has 1 unspecified atom stereocenters. The molecular formula is C21H31N5O2. The van der Waals surface area contributed by atoms with E-state index in [-0.39, 0.29) is 11.8 Å². The molecule has 0 aliphatic carbocycles. The lowest BCUT2D eigenvalue weighted by atomic mass is 9.98. The van der Waals surface area contributed by atoms with Crippen LogP contribution in [0.4, 0.5) is 0 Å². The van der Waals surface area contributed by atoms with Crippen molar-refractivity contribution in [2.75, 3.05) is 19.6 Å². The number of nitrogens with zero attached hydrogens (tertiary/aromatic N) is 4. The van der Waals surface area contributed by atoms with Crippen molar-refractivity contribution < 1.29 is 9.32 Å². The van der Waals surface area contributed by atoms with Crippen molar-refractivity contribution in [2.24, 2.45) is 0 Å². The molecule has 0 spiro atoms. The lowest BCUT2D eigenvalue weighted by molar-refractivity contribution is -0.121. The van der Waals surface area contributed by atoms with Gasteiger partial charge in [0.1, 0.15) is 0 Å². The summed E-state index contributed by atoms with van der Waals surface area (Å²) in [6, 6.07) is 4.32. The summed E-state index contributed by atoms with van der Waals surface area (Å²) >= 11 is 0. The maximum atomic E-state index is 12.2. The van der Waals surface area contributed by atoms with E-state index in [0.29, 0.717) is 30.7 Å². The molecule has 1 amide bonds. The SMILES string of the molecule is CCC(CC)N1CCCC(c2nc(-c3cccnc3)no2)CCNC(=O)CC1. The third kappa shape index (κ3) is 5.38. The minimum atomic E-state index is 0.123. The molecule has 1 saturated heterocycles. The van der Waals surface area contributed by atoms with Crippen molar-refractivity contribution in [3.8, 4) is 11.4 Å². The van der Waals surface area contributed by atoms with E-state index in [1.807, 2.05) is 12.1 Å². The number of pyridine rings is 1. The fourth-order valence-electron chi connectivity index (χ4n) is 3.95. The minimum Gasteiger partial charge on any atom is -0.356 e. The van der Waals surface area contributed by atoms with E-state index < -0.39 is 0 Å². The molecule has 1 N–H and O–H groups in total. The highest BCUT2D eigenvalue weighted by atomic mass is 16.5. The van der Waals surface area contributed by atoms with Gasteiger partial charge in [0.25, 0.3) is 0 Å². The van der Waals surface area contributed by atoms with Gasteiger partial charge in [0.05, 0.1) is 0 Å². The predicted molar refractivity (Wildman–Crippen MR) is 108 cm³/mol. The van der Waals surface area contributed by atoms with Gasteiger partial charge in [0.2, 0.25) is 17.6 Å². The van der Waals surface area contributed by atoms with E-state index in [1.54, 1.807) is 12.4 Å². The Morgan fingerprint density at radius 3 is 2.89 bits per heavy atom. The summed E-state index contributed by atoms with van der Waals surface area (Å²) in [6.07, 6.45) is 9.09. The lowest BCUT2D eigenvalue weighted by Crippen LogP contribution is -2.38. The highest BCUT2D eigenvalue weighted by Crippen LogP contribution is 2.26. The number of aromatic nitrogens is 3. The fraction of sp³-hybridized carbons (Fsp3) is 0.619. The molecule has 2 aromatic heterocycles. The Kier molecular flexibility index (Phi) is 7.54. The minimum absolute atomic E-state index is 0.123. The molecule has 0 aromatic carbocycles. The van der Waals surface area contributed by atoms with E-state index in [1.165, 1.54) is 0 Å². The molecular weight excluding hydrogens is 354 g/mol. The van der Waals surface area contributed by atoms with E-state index in [9.17, 15) is 4.79 Å². The Morgan fingerprint density at radius 2 is 2.14 bits per heavy atom. The van der Waals surface area contributed by atoms with E-state index in [4.69, 9.17) is 4.52 Å². The van der Waals surface area contributed by atoms with Gasteiger partial charge >= 0.3 is 0 Å². The zero-order valence-corrected chi connectivity index (χ0v) is 16.9. The van der Waals surface area contributed by atoms with Crippen molar-refractivity contribution in [3.63, 3.8) is 0 Å². The third-order valence-corrected chi connectivity index (χ3v) is 5.61. The summed E-state index contributed by atoms with van der Waals surface area (Å²) in [6.45, 7) is 6.91. The number of amides is 1. The Balaban J connectivity index is 1.71. The van der Waals surface area contributed by atoms with Gasteiger partial charge in [-0.1, -0.05) is 19.0 Å². The molecule has 1 aliphatic rings. The average Bonchev–Trinajstić information content (AvgIpc) is 3.20. The first-order valence-electron chi connectivity index (χ1n) is 10.5. The molecule has 7 heteroatoms. The quantitative estimate of drug-likeness (QED) is 0.849. The smallest absolute Gasteiger partial charge is 0.230 e. The number of carbonyl (C=O) groups excluding carboxylic acids is 1. The van der Waals surface area contributed by atoms with E-state index in [2.05, 4.69) is 39.2 Å². The molecule has 1 fully saturated rings. The third-order valence-electron chi connectivity index (χ3n) is 5.61. The van der Waals surface area contributed by atoms with Gasteiger partial charge in [-0.15, -0.1) is 0 Å². The highest BCUT2D eigenvalue weighted by molar-refractivity contribution is 5.76. The molecule has 0 bridgehead atoms. The Morgan fingerprint density at radius 1 is 1.29 bits per heavy atom. The highest BCUT2D eigenvalue weighted by Gasteiger charge is 2.23. The summed E-state index contributed by atoms with van der Waals surface area (Å²) in [4.78, 5) is 23.4. The Hall–Kier alpha value is -2.28. The lowest BCUT2D eigenvalue weighted by Gasteiger charge is -2.30. The van der Waals surface area contributed by atoms with Gasteiger partial charge in [0, 0.05) is 49.4 Å². The molecule has 1 atom stereocenters. The van der Waals surface area contributed by atoms with Crippen LogP contribution in [0.15, 0.2) is 29.0 Å². The molecule has 152 valence electrons. The van der Waals surface area contributed by atoms with Crippen molar-refractivity contribution >= 4 is 5.91 Å². The molecule has 3 rings (SSSR count). The molecule has 28 heavy (non-hydrogen) atoms.